The quantitative estimate of drug-likeness (QED) is 0.751. The molecule has 3 aromatic rings. The van der Waals surface area contributed by atoms with E-state index >= 15 is 0 Å². The molecule has 2 heterocycles. The molecular weight excluding hydrogens is 325 g/mol. The van der Waals surface area contributed by atoms with Crippen molar-refractivity contribution in [3.63, 3.8) is 0 Å². The van der Waals surface area contributed by atoms with E-state index in [1.807, 2.05) is 0 Å². The zero-order chi connectivity index (χ0) is 17.2. The van der Waals surface area contributed by atoms with Crippen LogP contribution in [0.5, 0.6) is 0 Å². The van der Waals surface area contributed by atoms with Crippen LogP contribution in [0.2, 0.25) is 0 Å². The van der Waals surface area contributed by atoms with Gasteiger partial charge in [0.05, 0.1) is 11.8 Å². The van der Waals surface area contributed by atoms with Crippen LogP contribution in [-0.4, -0.2) is 20.3 Å². The summed E-state index contributed by atoms with van der Waals surface area (Å²) < 4.78 is 42.5. The predicted molar refractivity (Wildman–Crippen MR) is 79.1 cm³/mol. The Labute approximate surface area is 133 Å². The summed E-state index contributed by atoms with van der Waals surface area (Å²) in [5.74, 6) is 1.56. The highest BCUT2D eigenvalue weighted by molar-refractivity contribution is 5.56. The Morgan fingerprint density at radius 2 is 1.79 bits per heavy atom. The van der Waals surface area contributed by atoms with Gasteiger partial charge in [0.1, 0.15) is 5.76 Å². The number of hydrogen-bond donors (Lipinski definition) is 2. The summed E-state index contributed by atoms with van der Waals surface area (Å²) in [4.78, 5) is 4.14. The number of benzene rings is 1. The van der Waals surface area contributed by atoms with Gasteiger partial charge in [-0.3, -0.25) is 0 Å². The van der Waals surface area contributed by atoms with Gasteiger partial charge in [0, 0.05) is 11.8 Å². The third-order valence-electron chi connectivity index (χ3n) is 2.91. The second-order valence-corrected chi connectivity index (χ2v) is 4.81. The highest BCUT2D eigenvalue weighted by Gasteiger charge is 2.29. The molecule has 3 rings (SSSR count). The molecule has 0 aliphatic heterocycles. The first-order valence-electron chi connectivity index (χ1n) is 6.74. The van der Waals surface area contributed by atoms with Gasteiger partial charge < -0.3 is 15.2 Å². The second kappa shape index (κ2) is 6.14. The molecule has 124 valence electrons. The number of alkyl halides is 3. The number of anilines is 4. The fourth-order valence-electron chi connectivity index (χ4n) is 1.84. The minimum absolute atomic E-state index is 0.125. The molecular formula is C14H11F3N6O. The summed E-state index contributed by atoms with van der Waals surface area (Å²) in [6, 6.07) is 6.18. The molecule has 2 N–H and O–H groups in total. The Kier molecular flexibility index (Phi) is 4.02. The molecule has 0 radical (unpaired) electrons. The Morgan fingerprint density at radius 1 is 1.04 bits per heavy atom. The molecule has 0 atom stereocenters. The average molecular weight is 336 g/mol. The van der Waals surface area contributed by atoms with Crippen molar-refractivity contribution in [3.05, 3.63) is 47.9 Å². The number of hydrogen-bond acceptors (Lipinski definition) is 7. The fraction of sp³-hybridized carbons (Fsp3) is 0.143. The second-order valence-electron chi connectivity index (χ2n) is 4.81. The van der Waals surface area contributed by atoms with Gasteiger partial charge in [0.15, 0.2) is 11.6 Å². The third kappa shape index (κ3) is 3.77. The maximum absolute atomic E-state index is 12.5. The van der Waals surface area contributed by atoms with E-state index in [1.54, 1.807) is 13.0 Å². The minimum Gasteiger partial charge on any atom is -0.360 e. The van der Waals surface area contributed by atoms with Gasteiger partial charge in [-0.2, -0.15) is 23.3 Å². The van der Waals surface area contributed by atoms with Crippen molar-refractivity contribution in [2.75, 3.05) is 10.6 Å². The SMILES string of the molecule is Cc1cc(Nc2cnnc(Nc3ccc(C(F)(F)F)cc3)n2)no1. The van der Waals surface area contributed by atoms with Crippen molar-refractivity contribution in [2.24, 2.45) is 0 Å². The molecule has 0 fully saturated rings. The van der Waals surface area contributed by atoms with Gasteiger partial charge in [0.2, 0.25) is 5.95 Å². The zero-order valence-corrected chi connectivity index (χ0v) is 12.3. The monoisotopic (exact) mass is 336 g/mol. The lowest BCUT2D eigenvalue weighted by molar-refractivity contribution is -0.137. The molecule has 0 aliphatic carbocycles. The van der Waals surface area contributed by atoms with Gasteiger partial charge in [-0.25, -0.2) is 0 Å². The Hall–Kier alpha value is -3.17. The normalized spacial score (nSPS) is 11.3. The topological polar surface area (TPSA) is 88.8 Å². The first kappa shape index (κ1) is 15.7. The third-order valence-corrected chi connectivity index (χ3v) is 2.91. The van der Waals surface area contributed by atoms with Crippen molar-refractivity contribution >= 4 is 23.3 Å². The smallest absolute Gasteiger partial charge is 0.360 e. The lowest BCUT2D eigenvalue weighted by Gasteiger charge is -2.09. The zero-order valence-electron chi connectivity index (χ0n) is 12.3. The number of nitrogens with zero attached hydrogens (tertiary/aromatic N) is 4. The van der Waals surface area contributed by atoms with E-state index in [0.717, 1.165) is 12.1 Å². The largest absolute Gasteiger partial charge is 0.416 e. The summed E-state index contributed by atoms with van der Waals surface area (Å²) >= 11 is 0. The van der Waals surface area contributed by atoms with Crippen LogP contribution in [0.1, 0.15) is 11.3 Å². The van der Waals surface area contributed by atoms with Crippen LogP contribution in [0.25, 0.3) is 0 Å². The minimum atomic E-state index is -4.38. The maximum atomic E-state index is 12.5. The van der Waals surface area contributed by atoms with Crippen LogP contribution in [0.15, 0.2) is 41.1 Å². The molecule has 0 bridgehead atoms. The summed E-state index contributed by atoms with van der Waals surface area (Å²) in [7, 11) is 0. The fourth-order valence-corrected chi connectivity index (χ4v) is 1.84. The van der Waals surface area contributed by atoms with E-state index in [1.165, 1.54) is 18.3 Å². The first-order chi connectivity index (χ1) is 11.4. The Balaban J connectivity index is 1.72. The standard InChI is InChI=1S/C14H11F3N6O/c1-8-6-11(23-24-8)20-12-7-18-22-13(21-12)19-10-4-2-9(3-5-10)14(15,16)17/h2-7H,1H3,(H2,19,20,21,22,23). The van der Waals surface area contributed by atoms with Gasteiger partial charge in [0.25, 0.3) is 0 Å². The van der Waals surface area contributed by atoms with Crippen LogP contribution in [0, 0.1) is 6.92 Å². The number of aryl methyl sites for hydroxylation is 1. The Morgan fingerprint density at radius 3 is 2.42 bits per heavy atom. The number of rotatable bonds is 4. The van der Waals surface area contributed by atoms with Crippen molar-refractivity contribution < 1.29 is 17.7 Å². The molecule has 0 saturated heterocycles. The van der Waals surface area contributed by atoms with E-state index in [-0.39, 0.29) is 5.95 Å². The summed E-state index contributed by atoms with van der Waals surface area (Å²) in [6.45, 7) is 1.74. The van der Waals surface area contributed by atoms with E-state index in [9.17, 15) is 13.2 Å². The molecule has 0 spiro atoms. The number of halogens is 3. The lowest BCUT2D eigenvalue weighted by Crippen LogP contribution is -2.05. The van der Waals surface area contributed by atoms with Gasteiger partial charge >= 0.3 is 6.18 Å². The van der Waals surface area contributed by atoms with E-state index in [0.29, 0.717) is 23.1 Å². The van der Waals surface area contributed by atoms with E-state index in [4.69, 9.17) is 4.52 Å². The average Bonchev–Trinajstić information content (AvgIpc) is 2.92. The molecule has 24 heavy (non-hydrogen) atoms. The first-order valence-corrected chi connectivity index (χ1v) is 6.74. The van der Waals surface area contributed by atoms with Crippen LogP contribution in [0.3, 0.4) is 0 Å². The molecule has 7 nitrogen and oxygen atoms in total. The summed E-state index contributed by atoms with van der Waals surface area (Å²) in [5, 5.41) is 16.9. The predicted octanol–water partition coefficient (Wildman–Crippen LogP) is 3.67. The highest BCUT2D eigenvalue weighted by atomic mass is 19.4. The van der Waals surface area contributed by atoms with Gasteiger partial charge in [-0.15, -0.1) is 5.10 Å². The Bertz CT molecular complexity index is 831. The van der Waals surface area contributed by atoms with Crippen LogP contribution in [0.4, 0.5) is 36.4 Å². The summed E-state index contributed by atoms with van der Waals surface area (Å²) in [5.41, 5.74) is -0.330. The van der Waals surface area contributed by atoms with Crippen LogP contribution >= 0.6 is 0 Å². The summed E-state index contributed by atoms with van der Waals surface area (Å²) in [6.07, 6.45) is -3.00. The van der Waals surface area contributed by atoms with Crippen molar-refractivity contribution in [1.29, 1.82) is 0 Å². The molecule has 0 saturated carbocycles. The van der Waals surface area contributed by atoms with E-state index < -0.39 is 11.7 Å². The van der Waals surface area contributed by atoms with Gasteiger partial charge in [-0.05, 0) is 31.2 Å². The van der Waals surface area contributed by atoms with Crippen molar-refractivity contribution in [2.45, 2.75) is 13.1 Å². The molecule has 0 amide bonds. The van der Waals surface area contributed by atoms with E-state index in [2.05, 4.69) is 31.0 Å². The highest BCUT2D eigenvalue weighted by Crippen LogP contribution is 2.30. The molecule has 2 aromatic heterocycles. The van der Waals surface area contributed by atoms with Crippen LogP contribution in [-0.2, 0) is 6.18 Å². The molecule has 10 heteroatoms. The van der Waals surface area contributed by atoms with Crippen molar-refractivity contribution in [3.8, 4) is 0 Å². The number of aromatic nitrogens is 4. The number of nitrogens with one attached hydrogen (secondary N) is 2. The molecule has 0 aliphatic rings. The molecule has 1 aromatic carbocycles. The lowest BCUT2D eigenvalue weighted by atomic mass is 10.2. The molecule has 0 unspecified atom stereocenters. The van der Waals surface area contributed by atoms with Crippen molar-refractivity contribution in [1.82, 2.24) is 20.3 Å². The van der Waals surface area contributed by atoms with Crippen LogP contribution < -0.4 is 10.6 Å². The van der Waals surface area contributed by atoms with Gasteiger partial charge in [-0.1, -0.05) is 5.16 Å². The maximum Gasteiger partial charge on any atom is 0.416 e.